The van der Waals surface area contributed by atoms with Crippen LogP contribution in [0.1, 0.15) is 23.6 Å². The Labute approximate surface area is 167 Å². The molecule has 0 bridgehead atoms. The maximum Gasteiger partial charge on any atom is 0.573 e. The molecule has 4 nitrogen and oxygen atoms in total. The SMILES string of the molecule is C=CC(=O)NCc1cc(-c2ccc(OC(F)(F)F)cc2)c(/C=C\C)c(N=C)c1C. The number of nitrogens with zero attached hydrogens (tertiary/aromatic N) is 1. The maximum atomic E-state index is 12.4. The van der Waals surface area contributed by atoms with E-state index in [0.717, 1.165) is 22.3 Å². The lowest BCUT2D eigenvalue weighted by Gasteiger charge is -2.17. The van der Waals surface area contributed by atoms with E-state index in [1.165, 1.54) is 30.3 Å². The van der Waals surface area contributed by atoms with Crippen molar-refractivity contribution in [1.82, 2.24) is 5.32 Å². The van der Waals surface area contributed by atoms with Gasteiger partial charge in [-0.2, -0.15) is 0 Å². The molecule has 0 fully saturated rings. The Morgan fingerprint density at radius 2 is 1.93 bits per heavy atom. The zero-order valence-corrected chi connectivity index (χ0v) is 16.1. The molecule has 2 aromatic rings. The molecule has 0 aliphatic heterocycles. The van der Waals surface area contributed by atoms with Crippen LogP contribution in [0.25, 0.3) is 17.2 Å². The largest absolute Gasteiger partial charge is 0.573 e. The molecule has 2 rings (SSSR count). The summed E-state index contributed by atoms with van der Waals surface area (Å²) in [5.74, 6) is -0.619. The van der Waals surface area contributed by atoms with Gasteiger partial charge in [-0.3, -0.25) is 9.79 Å². The molecule has 0 unspecified atom stereocenters. The van der Waals surface area contributed by atoms with Gasteiger partial charge in [0.15, 0.2) is 0 Å². The molecular weight excluding hydrogens is 381 g/mol. The van der Waals surface area contributed by atoms with Gasteiger partial charge < -0.3 is 10.1 Å². The predicted octanol–water partition coefficient (Wildman–Crippen LogP) is 5.73. The molecule has 0 aliphatic rings. The number of nitrogens with one attached hydrogen (secondary N) is 1. The smallest absolute Gasteiger partial charge is 0.406 e. The molecule has 2 aromatic carbocycles. The summed E-state index contributed by atoms with van der Waals surface area (Å²) >= 11 is 0. The van der Waals surface area contributed by atoms with Crippen molar-refractivity contribution in [3.05, 3.63) is 65.8 Å². The van der Waals surface area contributed by atoms with Crippen LogP contribution in [-0.4, -0.2) is 19.0 Å². The van der Waals surface area contributed by atoms with Crippen LogP contribution < -0.4 is 10.1 Å². The summed E-state index contributed by atoms with van der Waals surface area (Å²) in [6, 6.07) is 7.46. The van der Waals surface area contributed by atoms with Gasteiger partial charge in [0.25, 0.3) is 0 Å². The van der Waals surface area contributed by atoms with Gasteiger partial charge in [-0.25, -0.2) is 0 Å². The topological polar surface area (TPSA) is 50.7 Å². The highest BCUT2D eigenvalue weighted by Crippen LogP contribution is 2.38. The lowest BCUT2D eigenvalue weighted by atomic mass is 9.91. The third-order valence-electron chi connectivity index (χ3n) is 4.23. The Kier molecular flexibility index (Phi) is 6.98. The van der Waals surface area contributed by atoms with Crippen molar-refractivity contribution in [3.8, 4) is 16.9 Å². The number of carbonyl (C=O) groups excluding carboxylic acids is 1. The standard InChI is InChI=1S/C22H21F3N2O2/c1-5-7-18-19(15-8-10-17(11-9-15)29-22(23,24)25)12-16(13-27-20(28)6-2)14(3)21(18)26-4/h5-12H,2,4,13H2,1,3H3,(H,27,28)/b7-5-. The number of benzene rings is 2. The summed E-state index contributed by atoms with van der Waals surface area (Å²) < 4.78 is 41.2. The van der Waals surface area contributed by atoms with E-state index < -0.39 is 6.36 Å². The van der Waals surface area contributed by atoms with Gasteiger partial charge in [-0.1, -0.05) is 30.9 Å². The number of ether oxygens (including phenoxy) is 1. The van der Waals surface area contributed by atoms with Crippen LogP contribution in [0.3, 0.4) is 0 Å². The summed E-state index contributed by atoms with van der Waals surface area (Å²) in [6.07, 6.45) is 0.125. The van der Waals surface area contributed by atoms with Gasteiger partial charge in [-0.15, -0.1) is 13.2 Å². The third kappa shape index (κ3) is 5.57. The summed E-state index contributed by atoms with van der Waals surface area (Å²) in [4.78, 5) is 15.7. The molecule has 0 aliphatic carbocycles. The van der Waals surface area contributed by atoms with E-state index in [0.29, 0.717) is 11.3 Å². The van der Waals surface area contributed by atoms with Crippen molar-refractivity contribution < 1.29 is 22.7 Å². The molecule has 0 saturated carbocycles. The molecule has 0 spiro atoms. The lowest BCUT2D eigenvalue weighted by molar-refractivity contribution is -0.274. The fourth-order valence-corrected chi connectivity index (χ4v) is 2.89. The van der Waals surface area contributed by atoms with Crippen LogP contribution in [-0.2, 0) is 11.3 Å². The van der Waals surface area contributed by atoms with E-state index in [1.54, 1.807) is 0 Å². The lowest BCUT2D eigenvalue weighted by Crippen LogP contribution is -2.20. The number of amides is 1. The summed E-state index contributed by atoms with van der Waals surface area (Å²) in [5.41, 5.74) is 4.49. The molecule has 152 valence electrons. The second-order valence-electron chi connectivity index (χ2n) is 6.12. The van der Waals surface area contributed by atoms with Gasteiger partial charge in [0.1, 0.15) is 5.75 Å². The third-order valence-corrected chi connectivity index (χ3v) is 4.23. The molecule has 0 atom stereocenters. The highest BCUT2D eigenvalue weighted by molar-refractivity contribution is 5.88. The Morgan fingerprint density at radius 1 is 1.28 bits per heavy atom. The van der Waals surface area contributed by atoms with E-state index in [1.807, 2.05) is 32.1 Å². The van der Waals surface area contributed by atoms with E-state index >= 15 is 0 Å². The van der Waals surface area contributed by atoms with Crippen molar-refractivity contribution in [2.75, 3.05) is 0 Å². The average Bonchev–Trinajstić information content (AvgIpc) is 2.67. The second-order valence-corrected chi connectivity index (χ2v) is 6.12. The molecule has 29 heavy (non-hydrogen) atoms. The van der Waals surface area contributed by atoms with E-state index in [2.05, 4.69) is 28.3 Å². The number of halogens is 3. The van der Waals surface area contributed by atoms with Crippen LogP contribution >= 0.6 is 0 Å². The Hall–Kier alpha value is -3.35. The summed E-state index contributed by atoms with van der Waals surface area (Å²) in [6.45, 7) is 11.0. The average molecular weight is 402 g/mol. The molecule has 0 aromatic heterocycles. The number of hydrogen-bond donors (Lipinski definition) is 1. The number of hydrogen-bond acceptors (Lipinski definition) is 3. The molecule has 0 saturated heterocycles. The van der Waals surface area contributed by atoms with Crippen molar-refractivity contribution in [2.24, 2.45) is 4.99 Å². The first-order valence-corrected chi connectivity index (χ1v) is 8.72. The fraction of sp³-hybridized carbons (Fsp3) is 0.182. The molecule has 7 heteroatoms. The minimum absolute atomic E-state index is 0.248. The minimum atomic E-state index is -4.75. The van der Waals surface area contributed by atoms with Crippen LogP contribution in [0.15, 0.2) is 54.1 Å². The van der Waals surface area contributed by atoms with Gasteiger partial charge in [0.05, 0.1) is 5.69 Å². The number of rotatable bonds is 7. The number of alkyl halides is 3. The van der Waals surface area contributed by atoms with Crippen LogP contribution in [0.4, 0.5) is 18.9 Å². The van der Waals surface area contributed by atoms with Gasteiger partial charge in [0, 0.05) is 12.1 Å². The second kappa shape index (κ2) is 9.23. The zero-order valence-electron chi connectivity index (χ0n) is 16.1. The van der Waals surface area contributed by atoms with E-state index in [-0.39, 0.29) is 18.2 Å². The van der Waals surface area contributed by atoms with Crippen LogP contribution in [0.2, 0.25) is 0 Å². The van der Waals surface area contributed by atoms with Gasteiger partial charge >= 0.3 is 6.36 Å². The predicted molar refractivity (Wildman–Crippen MR) is 109 cm³/mol. The Bertz CT molecular complexity index is 946. The molecule has 0 radical (unpaired) electrons. The normalized spacial score (nSPS) is 11.3. The maximum absolute atomic E-state index is 12.4. The quantitative estimate of drug-likeness (QED) is 0.475. The number of allylic oxidation sites excluding steroid dienone is 1. The number of carbonyl (C=O) groups is 1. The van der Waals surface area contributed by atoms with Crippen LogP contribution in [0, 0.1) is 6.92 Å². The van der Waals surface area contributed by atoms with Crippen molar-refractivity contribution in [1.29, 1.82) is 0 Å². The van der Waals surface area contributed by atoms with Crippen molar-refractivity contribution >= 4 is 24.4 Å². The summed E-state index contributed by atoms with van der Waals surface area (Å²) in [7, 11) is 0. The molecule has 1 N–H and O–H groups in total. The highest BCUT2D eigenvalue weighted by Gasteiger charge is 2.31. The Balaban J connectivity index is 2.57. The molecular formula is C22H21F3N2O2. The zero-order chi connectivity index (χ0) is 21.6. The van der Waals surface area contributed by atoms with Crippen LogP contribution in [0.5, 0.6) is 5.75 Å². The first-order chi connectivity index (χ1) is 13.7. The van der Waals surface area contributed by atoms with E-state index in [9.17, 15) is 18.0 Å². The summed E-state index contributed by atoms with van der Waals surface area (Å²) in [5, 5.41) is 2.72. The number of aliphatic imine (C=N–C) groups is 1. The van der Waals surface area contributed by atoms with E-state index in [4.69, 9.17) is 0 Å². The monoisotopic (exact) mass is 402 g/mol. The van der Waals surface area contributed by atoms with Crippen molar-refractivity contribution in [3.63, 3.8) is 0 Å². The van der Waals surface area contributed by atoms with Gasteiger partial charge in [-0.05, 0) is 67.1 Å². The minimum Gasteiger partial charge on any atom is -0.406 e. The van der Waals surface area contributed by atoms with Gasteiger partial charge in [0.2, 0.25) is 5.91 Å². The first kappa shape index (κ1) is 21.9. The molecule has 0 heterocycles. The first-order valence-electron chi connectivity index (χ1n) is 8.72. The Morgan fingerprint density at radius 3 is 2.45 bits per heavy atom. The fourth-order valence-electron chi connectivity index (χ4n) is 2.89. The molecule has 1 amide bonds. The highest BCUT2D eigenvalue weighted by atomic mass is 19.4. The van der Waals surface area contributed by atoms with Crippen molar-refractivity contribution in [2.45, 2.75) is 26.8 Å².